The highest BCUT2D eigenvalue weighted by atomic mass is 16.5. The molecule has 1 N–H and O–H groups in total. The van der Waals surface area contributed by atoms with Gasteiger partial charge in [0.1, 0.15) is 5.82 Å². The first-order valence-corrected chi connectivity index (χ1v) is 9.65. The number of aromatic nitrogens is 4. The van der Waals surface area contributed by atoms with Gasteiger partial charge >= 0.3 is 0 Å². The van der Waals surface area contributed by atoms with Gasteiger partial charge in [-0.05, 0) is 24.9 Å². The number of imidazole rings is 1. The molecule has 6 nitrogen and oxygen atoms in total. The van der Waals surface area contributed by atoms with Crippen LogP contribution in [0.1, 0.15) is 57.1 Å². The van der Waals surface area contributed by atoms with Crippen molar-refractivity contribution in [3.05, 3.63) is 54.1 Å². The molecule has 1 fully saturated rings. The van der Waals surface area contributed by atoms with Gasteiger partial charge in [-0.3, -0.25) is 4.90 Å². The Hall–Kier alpha value is -2.47. The zero-order valence-corrected chi connectivity index (χ0v) is 16.3. The van der Waals surface area contributed by atoms with E-state index in [4.69, 9.17) is 4.52 Å². The number of piperidine rings is 1. The Morgan fingerprint density at radius 2 is 2.04 bits per heavy atom. The number of nitrogens with zero attached hydrogens (tertiary/aromatic N) is 4. The highest BCUT2D eigenvalue weighted by molar-refractivity contribution is 5.58. The predicted molar refractivity (Wildman–Crippen MR) is 104 cm³/mol. The molecule has 6 heteroatoms. The number of rotatable bonds is 4. The van der Waals surface area contributed by atoms with E-state index in [9.17, 15) is 0 Å². The molecule has 0 saturated carbocycles. The van der Waals surface area contributed by atoms with E-state index in [2.05, 4.69) is 70.0 Å². The number of likely N-dealkylation sites (tertiary alicyclic amines) is 1. The van der Waals surface area contributed by atoms with Crippen LogP contribution in [0.15, 0.2) is 41.1 Å². The van der Waals surface area contributed by atoms with Gasteiger partial charge in [0.25, 0.3) is 0 Å². The van der Waals surface area contributed by atoms with Crippen LogP contribution in [0, 0.1) is 0 Å². The molecule has 1 saturated heterocycles. The molecule has 1 unspecified atom stereocenters. The molecule has 1 aliphatic rings. The van der Waals surface area contributed by atoms with Gasteiger partial charge in [-0.2, -0.15) is 4.98 Å². The van der Waals surface area contributed by atoms with E-state index in [1.165, 1.54) is 5.56 Å². The number of nitrogens with one attached hydrogen (secondary N) is 1. The Balaban J connectivity index is 1.43. The number of hydrogen-bond acceptors (Lipinski definition) is 5. The van der Waals surface area contributed by atoms with Crippen LogP contribution in [0.25, 0.3) is 11.3 Å². The minimum atomic E-state index is -0.0891. The smallest absolute Gasteiger partial charge is 0.240 e. The van der Waals surface area contributed by atoms with E-state index < -0.39 is 0 Å². The fourth-order valence-corrected chi connectivity index (χ4v) is 3.55. The third-order valence-corrected chi connectivity index (χ3v) is 5.07. The summed E-state index contributed by atoms with van der Waals surface area (Å²) in [5.41, 5.74) is 2.16. The average Bonchev–Trinajstić information content (AvgIpc) is 3.32. The van der Waals surface area contributed by atoms with Crippen molar-refractivity contribution < 1.29 is 4.52 Å². The molecule has 4 rings (SSSR count). The van der Waals surface area contributed by atoms with Crippen LogP contribution < -0.4 is 0 Å². The van der Waals surface area contributed by atoms with Gasteiger partial charge < -0.3 is 9.51 Å². The van der Waals surface area contributed by atoms with Crippen LogP contribution in [0.3, 0.4) is 0 Å². The fraction of sp³-hybridized carbons (Fsp3) is 0.476. The number of aromatic amines is 1. The second-order valence-corrected chi connectivity index (χ2v) is 8.38. The average molecular weight is 365 g/mol. The molecule has 1 aromatic carbocycles. The minimum absolute atomic E-state index is 0.0891. The standard InChI is InChI=1S/C21H27N5O/c1-21(2,3)20-24-18(27-25-20)14-26-11-7-10-16(13-26)19-22-12-17(23-19)15-8-5-4-6-9-15/h4-6,8-9,12,16H,7,10-11,13-14H2,1-3H3,(H,22,23). The third-order valence-electron chi connectivity index (χ3n) is 5.07. The zero-order valence-electron chi connectivity index (χ0n) is 16.3. The van der Waals surface area contributed by atoms with Gasteiger partial charge in [0, 0.05) is 17.9 Å². The normalized spacial score (nSPS) is 18.7. The van der Waals surface area contributed by atoms with E-state index in [0.29, 0.717) is 18.4 Å². The van der Waals surface area contributed by atoms with Gasteiger partial charge in [0.2, 0.25) is 5.89 Å². The SMILES string of the molecule is CC(C)(C)c1noc(CN2CCCC(c3ncc(-c4ccccc4)[nH]3)C2)n1. The first-order valence-electron chi connectivity index (χ1n) is 9.65. The van der Waals surface area contributed by atoms with Gasteiger partial charge in [0.15, 0.2) is 5.82 Å². The zero-order chi connectivity index (χ0) is 18.9. The van der Waals surface area contributed by atoms with Gasteiger partial charge in [-0.15, -0.1) is 0 Å². The Bertz CT molecular complexity index is 877. The Labute approximate surface area is 160 Å². The maximum absolute atomic E-state index is 5.47. The van der Waals surface area contributed by atoms with Crippen molar-refractivity contribution >= 4 is 0 Å². The Morgan fingerprint density at radius 3 is 2.78 bits per heavy atom. The topological polar surface area (TPSA) is 70.8 Å². The summed E-state index contributed by atoms with van der Waals surface area (Å²) in [6.45, 7) is 9.00. The third kappa shape index (κ3) is 4.11. The molecule has 1 aliphatic heterocycles. The van der Waals surface area contributed by atoms with E-state index >= 15 is 0 Å². The predicted octanol–water partition coefficient (Wildman–Crippen LogP) is 4.14. The van der Waals surface area contributed by atoms with Crippen molar-refractivity contribution in [2.75, 3.05) is 13.1 Å². The summed E-state index contributed by atoms with van der Waals surface area (Å²) < 4.78 is 5.47. The minimum Gasteiger partial charge on any atom is -0.342 e. The molecule has 0 bridgehead atoms. The molecule has 0 radical (unpaired) electrons. The van der Waals surface area contributed by atoms with Gasteiger partial charge in [-0.25, -0.2) is 4.98 Å². The molecule has 0 aliphatic carbocycles. The second-order valence-electron chi connectivity index (χ2n) is 8.38. The molecular weight excluding hydrogens is 338 g/mol. The molecule has 3 aromatic rings. The van der Waals surface area contributed by atoms with Crippen LogP contribution in [0.5, 0.6) is 0 Å². The van der Waals surface area contributed by atoms with Crippen LogP contribution >= 0.6 is 0 Å². The molecule has 142 valence electrons. The van der Waals surface area contributed by atoms with Crippen LogP contribution in [0.4, 0.5) is 0 Å². The lowest BCUT2D eigenvalue weighted by Crippen LogP contribution is -2.34. The largest absolute Gasteiger partial charge is 0.342 e. The van der Waals surface area contributed by atoms with Crippen molar-refractivity contribution in [3.8, 4) is 11.3 Å². The van der Waals surface area contributed by atoms with Crippen molar-refractivity contribution in [1.82, 2.24) is 25.0 Å². The summed E-state index contributed by atoms with van der Waals surface area (Å²) in [7, 11) is 0. The Morgan fingerprint density at radius 1 is 1.22 bits per heavy atom. The lowest BCUT2D eigenvalue weighted by molar-refractivity contribution is 0.174. The van der Waals surface area contributed by atoms with Crippen LogP contribution in [0.2, 0.25) is 0 Å². The van der Waals surface area contributed by atoms with Gasteiger partial charge in [0.05, 0.1) is 18.4 Å². The summed E-state index contributed by atoms with van der Waals surface area (Å²) in [4.78, 5) is 15.1. The molecule has 1 atom stereocenters. The summed E-state index contributed by atoms with van der Waals surface area (Å²) >= 11 is 0. The summed E-state index contributed by atoms with van der Waals surface area (Å²) in [6.07, 6.45) is 4.23. The highest BCUT2D eigenvalue weighted by Crippen LogP contribution is 2.28. The molecular formula is C21H27N5O. The summed E-state index contributed by atoms with van der Waals surface area (Å²) in [6, 6.07) is 10.3. The fourth-order valence-electron chi connectivity index (χ4n) is 3.55. The van der Waals surface area contributed by atoms with E-state index in [1.54, 1.807) is 0 Å². The van der Waals surface area contributed by atoms with Crippen molar-refractivity contribution in [1.29, 1.82) is 0 Å². The summed E-state index contributed by atoms with van der Waals surface area (Å²) in [5, 5.41) is 4.14. The quantitative estimate of drug-likeness (QED) is 0.752. The van der Waals surface area contributed by atoms with E-state index in [0.717, 1.165) is 43.3 Å². The maximum atomic E-state index is 5.47. The molecule has 0 spiro atoms. The van der Waals surface area contributed by atoms with Crippen molar-refractivity contribution in [2.24, 2.45) is 0 Å². The first kappa shape index (κ1) is 17.9. The maximum Gasteiger partial charge on any atom is 0.240 e. The van der Waals surface area contributed by atoms with Crippen molar-refractivity contribution in [3.63, 3.8) is 0 Å². The molecule has 0 amide bonds. The second kappa shape index (κ2) is 7.27. The number of H-pyrrole nitrogens is 1. The van der Waals surface area contributed by atoms with Crippen LogP contribution in [-0.4, -0.2) is 38.1 Å². The lowest BCUT2D eigenvalue weighted by atomic mass is 9.96. The molecule has 2 aromatic heterocycles. The lowest BCUT2D eigenvalue weighted by Gasteiger charge is -2.30. The first-order chi connectivity index (χ1) is 13.0. The molecule has 3 heterocycles. The van der Waals surface area contributed by atoms with E-state index in [1.807, 2.05) is 12.3 Å². The Kier molecular flexibility index (Phi) is 4.83. The summed E-state index contributed by atoms with van der Waals surface area (Å²) in [5.74, 6) is 2.94. The van der Waals surface area contributed by atoms with Crippen LogP contribution in [-0.2, 0) is 12.0 Å². The molecule has 27 heavy (non-hydrogen) atoms. The number of benzene rings is 1. The van der Waals surface area contributed by atoms with E-state index in [-0.39, 0.29) is 5.41 Å². The van der Waals surface area contributed by atoms with Crippen molar-refractivity contribution in [2.45, 2.75) is 51.5 Å². The monoisotopic (exact) mass is 365 g/mol. The number of hydrogen-bond donors (Lipinski definition) is 1. The van der Waals surface area contributed by atoms with Gasteiger partial charge in [-0.1, -0.05) is 56.3 Å². The highest BCUT2D eigenvalue weighted by Gasteiger charge is 2.26.